The maximum absolute atomic E-state index is 10.6. The van der Waals surface area contributed by atoms with Gasteiger partial charge in [-0.05, 0) is 5.56 Å². The third-order valence-corrected chi connectivity index (χ3v) is 3.26. The van der Waals surface area contributed by atoms with Crippen molar-refractivity contribution in [1.82, 2.24) is 5.23 Å². The molecule has 0 aliphatic rings. The van der Waals surface area contributed by atoms with E-state index in [-0.39, 0.29) is 17.9 Å². The molecule has 26 heavy (non-hydrogen) atoms. The minimum absolute atomic E-state index is 0.0258. The molecule has 8 N–H and O–H groups in total. The second-order valence-electron chi connectivity index (χ2n) is 5.22. The summed E-state index contributed by atoms with van der Waals surface area (Å²) in [6.45, 7) is -0.760. The van der Waals surface area contributed by atoms with Crippen LogP contribution in [-0.2, 0) is 16.0 Å². The number of hydrogen-bond donors (Lipinski definition) is 8. The van der Waals surface area contributed by atoms with Crippen LogP contribution in [0, 0.1) is 0 Å². The van der Waals surface area contributed by atoms with Crippen molar-refractivity contribution in [3.63, 3.8) is 0 Å². The maximum Gasteiger partial charge on any atom is 0.326 e. The highest BCUT2D eigenvalue weighted by Gasteiger charge is 2.29. The Morgan fingerprint density at radius 1 is 1.04 bits per heavy atom. The van der Waals surface area contributed by atoms with Gasteiger partial charge in [-0.15, -0.1) is 0 Å². The van der Waals surface area contributed by atoms with E-state index in [4.69, 9.17) is 41.1 Å². The summed E-state index contributed by atoms with van der Waals surface area (Å²) in [6.07, 6.45) is -6.79. The summed E-state index contributed by atoms with van der Waals surface area (Å²) in [7, 11) is 0. The molecule has 11 heteroatoms. The van der Waals surface area contributed by atoms with Crippen molar-refractivity contribution in [1.29, 1.82) is 0 Å². The normalized spacial score (nSPS) is 16.6. The van der Waals surface area contributed by atoms with E-state index < -0.39 is 43.0 Å². The fraction of sp³-hybridized carbons (Fsp3) is 0.467. The molecule has 0 bridgehead atoms. The van der Waals surface area contributed by atoms with Gasteiger partial charge in [0.25, 0.3) is 0 Å². The highest BCUT2D eigenvalue weighted by Crippen LogP contribution is 2.06. The van der Waals surface area contributed by atoms with Gasteiger partial charge in [-0.1, -0.05) is 35.6 Å². The van der Waals surface area contributed by atoms with E-state index in [1.54, 1.807) is 30.3 Å². The van der Waals surface area contributed by atoms with Crippen molar-refractivity contribution in [2.45, 2.75) is 36.9 Å². The summed E-state index contributed by atoms with van der Waals surface area (Å²) >= 11 is 0. The molecule has 148 valence electrons. The summed E-state index contributed by atoms with van der Waals surface area (Å²) in [5, 5.41) is 69.2. The zero-order valence-electron chi connectivity index (χ0n) is 13.6. The Morgan fingerprint density at radius 3 is 1.96 bits per heavy atom. The molecule has 11 nitrogen and oxygen atoms in total. The summed E-state index contributed by atoms with van der Waals surface area (Å²) in [4.78, 5) is 20.5. The Morgan fingerprint density at radius 2 is 1.58 bits per heavy atom. The van der Waals surface area contributed by atoms with Crippen molar-refractivity contribution >= 4 is 12.3 Å². The summed E-state index contributed by atoms with van der Waals surface area (Å²) in [5.74, 6) is -1.28. The number of carbonyl (C=O) groups excluding carboxylic acids is 1. The number of aliphatic hydroxyl groups excluding tert-OH is 5. The quantitative estimate of drug-likeness (QED) is 0.165. The van der Waals surface area contributed by atoms with E-state index in [1.807, 2.05) is 0 Å². The average Bonchev–Trinajstić information content (AvgIpc) is 2.64. The first-order valence-corrected chi connectivity index (χ1v) is 7.37. The van der Waals surface area contributed by atoms with Gasteiger partial charge in [0.05, 0.1) is 6.61 Å². The lowest BCUT2D eigenvalue weighted by molar-refractivity contribution is -0.327. The van der Waals surface area contributed by atoms with Gasteiger partial charge in [-0.2, -0.15) is 0 Å². The third-order valence-electron chi connectivity index (χ3n) is 3.26. The second-order valence-corrected chi connectivity index (χ2v) is 5.22. The van der Waals surface area contributed by atoms with E-state index in [2.05, 4.69) is 0 Å². The number of carboxylic acid groups (broad SMARTS) is 1. The standard InChI is InChI=1S/C9H11NO4.C6H12O6/c11-9(12)8(10(13)14)6-7-4-2-1-3-5-7;7-1-3(9)5(11)6(12)4(10)2-8/h1-5,8,13-14H,6H2,(H,11,12);1,3-6,8-12H,2H2/t8-;3-,4+,5+,6+/m00/s1. The van der Waals surface area contributed by atoms with E-state index >= 15 is 0 Å². The Kier molecular flexibility index (Phi) is 11.5. The van der Waals surface area contributed by atoms with Crippen LogP contribution < -0.4 is 0 Å². The molecule has 0 aliphatic carbocycles. The molecule has 0 unspecified atom stereocenters. The SMILES string of the molecule is O=C(O)[C@H](Cc1ccccc1)N(O)O.O=C[C@H](O)[C@@H](O)[C@H](O)[C@H](O)CO. The molecule has 1 aromatic rings. The Hall–Kier alpha value is -1.96. The van der Waals surface area contributed by atoms with Crippen molar-refractivity contribution < 1.29 is 50.6 Å². The first kappa shape index (κ1) is 24.0. The van der Waals surface area contributed by atoms with Crippen LogP contribution >= 0.6 is 0 Å². The van der Waals surface area contributed by atoms with Crippen molar-refractivity contribution in [3.8, 4) is 0 Å². The highest BCUT2D eigenvalue weighted by atomic mass is 16.8. The van der Waals surface area contributed by atoms with Crippen molar-refractivity contribution in [3.05, 3.63) is 35.9 Å². The van der Waals surface area contributed by atoms with Gasteiger partial charge in [0, 0.05) is 6.42 Å². The monoisotopic (exact) mass is 377 g/mol. The molecule has 0 radical (unpaired) electrons. The summed E-state index contributed by atoms with van der Waals surface area (Å²) in [6, 6.07) is 7.42. The number of aldehydes is 1. The molecule has 0 fully saturated rings. The molecule has 0 spiro atoms. The van der Waals surface area contributed by atoms with Gasteiger partial charge < -0.3 is 35.4 Å². The summed E-state index contributed by atoms with van der Waals surface area (Å²) < 4.78 is 0. The molecule has 0 aromatic heterocycles. The Bertz CT molecular complexity index is 526. The predicted octanol–water partition coefficient (Wildman–Crippen LogP) is -2.62. The van der Waals surface area contributed by atoms with Gasteiger partial charge >= 0.3 is 5.97 Å². The highest BCUT2D eigenvalue weighted by molar-refractivity contribution is 5.73. The Balaban J connectivity index is 0.000000488. The summed E-state index contributed by atoms with van der Waals surface area (Å²) in [5.41, 5.74) is 0.730. The lowest BCUT2D eigenvalue weighted by Crippen LogP contribution is -2.46. The van der Waals surface area contributed by atoms with Crippen LogP contribution in [0.3, 0.4) is 0 Å². The number of benzene rings is 1. The van der Waals surface area contributed by atoms with Crippen molar-refractivity contribution in [2.24, 2.45) is 0 Å². The van der Waals surface area contributed by atoms with Crippen LogP contribution in [0.2, 0.25) is 0 Å². The fourth-order valence-electron chi connectivity index (χ4n) is 1.72. The predicted molar refractivity (Wildman–Crippen MR) is 84.2 cm³/mol. The van der Waals surface area contributed by atoms with Crippen LogP contribution in [-0.4, -0.2) is 95.6 Å². The van der Waals surface area contributed by atoms with Crippen molar-refractivity contribution in [2.75, 3.05) is 6.61 Å². The van der Waals surface area contributed by atoms with Crippen LogP contribution in [0.15, 0.2) is 30.3 Å². The van der Waals surface area contributed by atoms with Gasteiger partial charge in [0.2, 0.25) is 0 Å². The number of aliphatic hydroxyl groups is 5. The van der Waals surface area contributed by atoms with E-state index in [0.29, 0.717) is 0 Å². The van der Waals surface area contributed by atoms with E-state index in [1.165, 1.54) is 0 Å². The zero-order valence-corrected chi connectivity index (χ0v) is 13.6. The van der Waals surface area contributed by atoms with Crippen LogP contribution in [0.25, 0.3) is 0 Å². The molecule has 0 saturated heterocycles. The van der Waals surface area contributed by atoms with Gasteiger partial charge in [-0.25, -0.2) is 0 Å². The first-order valence-electron chi connectivity index (χ1n) is 7.37. The topological polar surface area (TPSA) is 199 Å². The van der Waals surface area contributed by atoms with E-state index in [9.17, 15) is 9.59 Å². The zero-order chi connectivity index (χ0) is 20.3. The number of nitrogens with zero attached hydrogens (tertiary/aromatic N) is 1. The van der Waals surface area contributed by atoms with E-state index in [0.717, 1.165) is 5.56 Å². The second kappa shape index (κ2) is 12.4. The smallest absolute Gasteiger partial charge is 0.326 e. The van der Waals surface area contributed by atoms with Crippen LogP contribution in [0.4, 0.5) is 0 Å². The number of carbonyl (C=O) groups is 2. The molecule has 1 aromatic carbocycles. The number of rotatable bonds is 9. The molecule has 0 heterocycles. The molecule has 5 atom stereocenters. The number of aliphatic carboxylic acids is 1. The van der Waals surface area contributed by atoms with Crippen LogP contribution in [0.5, 0.6) is 0 Å². The molecular formula is C15H23NO10. The lowest BCUT2D eigenvalue weighted by Gasteiger charge is -2.22. The van der Waals surface area contributed by atoms with Gasteiger partial charge in [-0.3, -0.25) is 15.2 Å². The largest absolute Gasteiger partial charge is 0.480 e. The minimum atomic E-state index is -1.79. The van der Waals surface area contributed by atoms with Crippen LogP contribution in [0.1, 0.15) is 5.56 Å². The third kappa shape index (κ3) is 8.42. The number of carboxylic acids is 1. The lowest BCUT2D eigenvalue weighted by atomic mass is 10.0. The number of hydrogen-bond acceptors (Lipinski definition) is 10. The number of hydroxylamine groups is 2. The fourth-order valence-corrected chi connectivity index (χ4v) is 1.72. The molecule has 0 aliphatic heterocycles. The molecular weight excluding hydrogens is 354 g/mol. The first-order chi connectivity index (χ1) is 12.1. The molecule has 0 saturated carbocycles. The van der Waals surface area contributed by atoms with Gasteiger partial charge in [0.1, 0.15) is 24.4 Å². The molecule has 0 amide bonds. The molecule has 1 rings (SSSR count). The minimum Gasteiger partial charge on any atom is -0.480 e. The Labute approximate surface area is 148 Å². The maximum atomic E-state index is 10.6. The average molecular weight is 377 g/mol. The van der Waals surface area contributed by atoms with Gasteiger partial charge in [0.15, 0.2) is 12.3 Å².